The first kappa shape index (κ1) is 14.9. The van der Waals surface area contributed by atoms with Gasteiger partial charge in [-0.15, -0.1) is 0 Å². The Bertz CT molecular complexity index is 869. The first-order valence-corrected chi connectivity index (χ1v) is 8.05. The van der Waals surface area contributed by atoms with Crippen LogP contribution in [0.5, 0.6) is 0 Å². The fraction of sp³-hybridized carbons (Fsp3) is 0.353. The van der Waals surface area contributed by atoms with E-state index in [-0.39, 0.29) is 18.1 Å². The number of fused-ring (bicyclic) bond motifs is 1. The number of H-pyrrole nitrogens is 1. The molecule has 0 spiro atoms. The van der Waals surface area contributed by atoms with E-state index in [1.807, 2.05) is 25.4 Å². The minimum Gasteiger partial charge on any atom is -0.371 e. The molecule has 0 unspecified atom stereocenters. The van der Waals surface area contributed by atoms with Gasteiger partial charge in [-0.05, 0) is 25.0 Å². The van der Waals surface area contributed by atoms with Gasteiger partial charge in [0.2, 0.25) is 0 Å². The molecule has 1 saturated heterocycles. The van der Waals surface area contributed by atoms with Crippen LogP contribution < -0.4 is 5.32 Å². The third-order valence-electron chi connectivity index (χ3n) is 4.39. The molecule has 2 aromatic heterocycles. The Hall–Kier alpha value is -2.67. The van der Waals surface area contributed by atoms with E-state index in [9.17, 15) is 4.79 Å². The summed E-state index contributed by atoms with van der Waals surface area (Å²) < 4.78 is 7.66. The van der Waals surface area contributed by atoms with Crippen molar-refractivity contribution in [2.24, 2.45) is 7.05 Å². The third-order valence-corrected chi connectivity index (χ3v) is 4.39. The lowest BCUT2D eigenvalue weighted by Crippen LogP contribution is -2.42. The quantitative estimate of drug-likeness (QED) is 0.771. The van der Waals surface area contributed by atoms with E-state index in [0.717, 1.165) is 23.9 Å². The van der Waals surface area contributed by atoms with Gasteiger partial charge in [0, 0.05) is 25.4 Å². The number of imidazole rings is 1. The molecule has 0 bridgehead atoms. The van der Waals surface area contributed by atoms with E-state index in [2.05, 4.69) is 20.4 Å². The number of carbonyl (C=O) groups is 1. The molecule has 1 aromatic carbocycles. The lowest BCUT2D eigenvalue weighted by molar-refractivity contribution is -0.00948. The maximum atomic E-state index is 12.8. The van der Waals surface area contributed by atoms with Crippen LogP contribution in [-0.4, -0.2) is 38.3 Å². The molecule has 1 fully saturated rings. The number of carbonyl (C=O) groups excluding carboxylic acids is 1. The number of rotatable bonds is 3. The van der Waals surface area contributed by atoms with E-state index in [4.69, 9.17) is 4.74 Å². The van der Waals surface area contributed by atoms with Crippen molar-refractivity contribution in [3.8, 4) is 0 Å². The number of nitrogens with zero attached hydrogens (tertiary/aromatic N) is 3. The summed E-state index contributed by atoms with van der Waals surface area (Å²) in [5.74, 6) is -0.128. The van der Waals surface area contributed by atoms with Gasteiger partial charge in [-0.2, -0.15) is 5.10 Å². The number of aryl methyl sites for hydroxylation is 1. The molecule has 2 atom stereocenters. The summed E-state index contributed by atoms with van der Waals surface area (Å²) in [5, 5.41) is 7.33. The summed E-state index contributed by atoms with van der Waals surface area (Å²) in [6.45, 7) is 0.695. The Labute approximate surface area is 139 Å². The number of aromatic amines is 1. The van der Waals surface area contributed by atoms with Gasteiger partial charge in [-0.1, -0.05) is 6.07 Å². The van der Waals surface area contributed by atoms with Crippen LogP contribution in [0.2, 0.25) is 0 Å². The summed E-state index contributed by atoms with van der Waals surface area (Å²) in [4.78, 5) is 20.0. The van der Waals surface area contributed by atoms with Gasteiger partial charge >= 0.3 is 0 Å². The maximum absolute atomic E-state index is 12.8. The molecular formula is C17H19N5O2. The minimum atomic E-state index is -0.171. The number of hydrogen-bond acceptors (Lipinski definition) is 4. The van der Waals surface area contributed by atoms with E-state index < -0.39 is 0 Å². The average molecular weight is 325 g/mol. The van der Waals surface area contributed by atoms with E-state index in [1.54, 1.807) is 23.3 Å². The van der Waals surface area contributed by atoms with Crippen LogP contribution in [0.1, 0.15) is 34.9 Å². The number of aromatic nitrogens is 4. The van der Waals surface area contributed by atoms with Gasteiger partial charge in [0.05, 0.1) is 29.6 Å². The fourth-order valence-electron chi connectivity index (χ4n) is 3.24. The van der Waals surface area contributed by atoms with Crippen LogP contribution in [0.4, 0.5) is 0 Å². The number of hydrogen-bond donors (Lipinski definition) is 2. The Morgan fingerprint density at radius 2 is 2.38 bits per heavy atom. The zero-order chi connectivity index (χ0) is 16.5. The number of nitrogens with one attached hydrogen (secondary N) is 2. The Morgan fingerprint density at radius 3 is 3.21 bits per heavy atom. The number of benzene rings is 1. The molecule has 2 N–H and O–H groups in total. The normalized spacial score (nSPS) is 21.0. The molecule has 0 radical (unpaired) electrons. The predicted octanol–water partition coefficient (Wildman–Crippen LogP) is 1.95. The molecule has 7 nitrogen and oxygen atoms in total. The van der Waals surface area contributed by atoms with Gasteiger partial charge < -0.3 is 15.0 Å². The van der Waals surface area contributed by atoms with Gasteiger partial charge in [-0.3, -0.25) is 9.48 Å². The van der Waals surface area contributed by atoms with Crippen LogP contribution in [0.3, 0.4) is 0 Å². The Balaban J connectivity index is 1.58. The number of ether oxygens (including phenoxy) is 1. The molecule has 3 heterocycles. The van der Waals surface area contributed by atoms with Crippen LogP contribution in [0.25, 0.3) is 11.0 Å². The van der Waals surface area contributed by atoms with Crippen LogP contribution in [-0.2, 0) is 11.8 Å². The zero-order valence-corrected chi connectivity index (χ0v) is 13.4. The van der Waals surface area contributed by atoms with E-state index in [1.165, 1.54) is 0 Å². The molecule has 4 rings (SSSR count). The first-order chi connectivity index (χ1) is 11.7. The molecule has 24 heavy (non-hydrogen) atoms. The summed E-state index contributed by atoms with van der Waals surface area (Å²) in [5.41, 5.74) is 3.10. The zero-order valence-electron chi connectivity index (χ0n) is 13.4. The predicted molar refractivity (Wildman–Crippen MR) is 88.5 cm³/mol. The van der Waals surface area contributed by atoms with Gasteiger partial charge in [0.15, 0.2) is 0 Å². The van der Waals surface area contributed by atoms with Crippen molar-refractivity contribution in [2.45, 2.75) is 25.0 Å². The van der Waals surface area contributed by atoms with Crippen molar-refractivity contribution in [1.29, 1.82) is 0 Å². The minimum absolute atomic E-state index is 0.0790. The summed E-state index contributed by atoms with van der Waals surface area (Å²) in [6, 6.07) is 5.47. The molecule has 1 aliphatic rings. The van der Waals surface area contributed by atoms with E-state index >= 15 is 0 Å². The summed E-state index contributed by atoms with van der Waals surface area (Å²) in [7, 11) is 1.87. The van der Waals surface area contributed by atoms with Crippen LogP contribution in [0, 0.1) is 0 Å². The molecule has 1 amide bonds. The lowest BCUT2D eigenvalue weighted by Gasteiger charge is -2.31. The Kier molecular flexibility index (Phi) is 3.78. The second-order valence-electron chi connectivity index (χ2n) is 6.07. The summed E-state index contributed by atoms with van der Waals surface area (Å²) in [6.07, 6.45) is 6.96. The van der Waals surface area contributed by atoms with Crippen LogP contribution in [0.15, 0.2) is 36.9 Å². The van der Waals surface area contributed by atoms with E-state index in [0.29, 0.717) is 17.7 Å². The standard InChI is InChI=1S/C17H19N5O2/c1-22-9-11(8-20-22)16-14(6-3-7-24-16)21-17(23)12-4-2-5-13-15(12)19-10-18-13/h2,4-5,8-10,14,16H,3,6-7H2,1H3,(H,18,19)(H,21,23)/t14-,16+/m0/s1. The van der Waals surface area contributed by atoms with Crippen molar-refractivity contribution in [3.63, 3.8) is 0 Å². The van der Waals surface area contributed by atoms with Crippen molar-refractivity contribution in [2.75, 3.05) is 6.61 Å². The highest BCUT2D eigenvalue weighted by Gasteiger charge is 2.30. The average Bonchev–Trinajstić information content (AvgIpc) is 3.23. The SMILES string of the molecule is Cn1cc([C@H]2OCCC[C@@H]2NC(=O)c2cccc3[nH]cnc23)cn1. The number of amides is 1. The van der Waals surface area contributed by atoms with Gasteiger partial charge in [-0.25, -0.2) is 4.98 Å². The summed E-state index contributed by atoms with van der Waals surface area (Å²) >= 11 is 0. The highest BCUT2D eigenvalue weighted by Crippen LogP contribution is 2.28. The Morgan fingerprint density at radius 1 is 1.46 bits per heavy atom. The van der Waals surface area contributed by atoms with Crippen molar-refractivity contribution >= 4 is 16.9 Å². The highest BCUT2D eigenvalue weighted by molar-refractivity contribution is 6.04. The monoisotopic (exact) mass is 325 g/mol. The molecule has 124 valence electrons. The smallest absolute Gasteiger partial charge is 0.253 e. The van der Waals surface area contributed by atoms with Gasteiger partial charge in [0.1, 0.15) is 11.6 Å². The maximum Gasteiger partial charge on any atom is 0.253 e. The molecule has 0 saturated carbocycles. The number of para-hydroxylation sites is 1. The topological polar surface area (TPSA) is 84.8 Å². The van der Waals surface area contributed by atoms with Crippen molar-refractivity contribution in [1.82, 2.24) is 25.1 Å². The second kappa shape index (κ2) is 6.09. The third kappa shape index (κ3) is 2.67. The molecule has 0 aliphatic carbocycles. The molecule has 7 heteroatoms. The highest BCUT2D eigenvalue weighted by atomic mass is 16.5. The molecule has 3 aromatic rings. The largest absolute Gasteiger partial charge is 0.371 e. The van der Waals surface area contributed by atoms with Crippen LogP contribution >= 0.6 is 0 Å². The molecule has 1 aliphatic heterocycles. The molecular weight excluding hydrogens is 306 g/mol. The second-order valence-corrected chi connectivity index (χ2v) is 6.07. The van der Waals surface area contributed by atoms with Crippen molar-refractivity contribution in [3.05, 3.63) is 48.0 Å². The first-order valence-electron chi connectivity index (χ1n) is 8.05. The fourth-order valence-corrected chi connectivity index (χ4v) is 3.24. The lowest BCUT2D eigenvalue weighted by atomic mass is 9.97. The van der Waals surface area contributed by atoms with Gasteiger partial charge in [0.25, 0.3) is 5.91 Å². The van der Waals surface area contributed by atoms with Crippen molar-refractivity contribution < 1.29 is 9.53 Å².